The molecule has 1 aromatic heterocycles. The zero-order valence-corrected chi connectivity index (χ0v) is 13.0. The molecule has 1 N–H and O–H groups in total. The topological polar surface area (TPSA) is 72.2 Å². The van der Waals surface area contributed by atoms with E-state index < -0.39 is 5.97 Å². The molecule has 0 amide bonds. The number of hydrogen-bond donors (Lipinski definition) is 1. The van der Waals surface area contributed by atoms with Crippen molar-refractivity contribution in [2.24, 2.45) is 0 Å². The molecule has 5 nitrogen and oxygen atoms in total. The van der Waals surface area contributed by atoms with Crippen molar-refractivity contribution in [2.45, 2.75) is 19.9 Å². The molecule has 20 heavy (non-hydrogen) atoms. The largest absolute Gasteiger partial charge is 0.481 e. The van der Waals surface area contributed by atoms with Crippen LogP contribution in [0.4, 0.5) is 0 Å². The Bertz CT molecular complexity index is 710. The Morgan fingerprint density at radius 1 is 1.35 bits per heavy atom. The third-order valence-electron chi connectivity index (χ3n) is 2.99. The van der Waals surface area contributed by atoms with E-state index in [-0.39, 0.29) is 12.0 Å². The molecule has 1 aromatic carbocycles. The maximum atomic E-state index is 12.1. The molecule has 0 saturated heterocycles. The van der Waals surface area contributed by atoms with E-state index in [0.717, 1.165) is 5.56 Å². The highest BCUT2D eigenvalue weighted by Gasteiger charge is 2.10. The molecule has 0 fully saturated rings. The number of benzene rings is 1. The van der Waals surface area contributed by atoms with Crippen molar-refractivity contribution < 1.29 is 9.90 Å². The predicted molar refractivity (Wildman–Crippen MR) is 82.8 cm³/mol. The number of carboxylic acid groups (broad SMARTS) is 1. The van der Waals surface area contributed by atoms with E-state index in [9.17, 15) is 9.59 Å². The second-order valence-corrected chi connectivity index (χ2v) is 5.55. The summed E-state index contributed by atoms with van der Waals surface area (Å²) in [6.07, 6.45) is 1.49. The minimum Gasteiger partial charge on any atom is -0.481 e. The maximum absolute atomic E-state index is 12.1. The summed E-state index contributed by atoms with van der Waals surface area (Å²) in [6.45, 7) is 2.09. The molecule has 0 saturated carbocycles. The molecule has 0 aliphatic rings. The zero-order chi connectivity index (χ0) is 14.7. The normalized spacial score (nSPS) is 10.5. The maximum Gasteiger partial charge on any atom is 0.307 e. The molecule has 0 bridgehead atoms. The summed E-state index contributed by atoms with van der Waals surface area (Å²) < 4.78 is 2.10. The van der Waals surface area contributed by atoms with Crippen LogP contribution in [0.2, 0.25) is 0 Å². The van der Waals surface area contributed by atoms with Gasteiger partial charge in [-0.05, 0) is 40.6 Å². The molecule has 0 atom stereocenters. The first-order chi connectivity index (χ1) is 9.49. The van der Waals surface area contributed by atoms with Gasteiger partial charge in [0.25, 0.3) is 5.56 Å². The fourth-order valence-electron chi connectivity index (χ4n) is 1.95. The number of carboxylic acids is 1. The van der Waals surface area contributed by atoms with Gasteiger partial charge >= 0.3 is 5.97 Å². The van der Waals surface area contributed by atoms with Gasteiger partial charge in [0.2, 0.25) is 0 Å². The van der Waals surface area contributed by atoms with E-state index in [1.165, 1.54) is 6.20 Å². The quantitative estimate of drug-likeness (QED) is 0.817. The van der Waals surface area contributed by atoms with Crippen LogP contribution in [-0.2, 0) is 17.8 Å². The Morgan fingerprint density at radius 3 is 2.65 bits per heavy atom. The summed E-state index contributed by atoms with van der Waals surface area (Å²) in [7, 11) is 0. The van der Waals surface area contributed by atoms with Gasteiger partial charge in [0, 0.05) is 6.20 Å². The zero-order valence-electron chi connectivity index (χ0n) is 10.8. The van der Waals surface area contributed by atoms with Crippen LogP contribution >= 0.6 is 22.6 Å². The van der Waals surface area contributed by atoms with E-state index in [0.29, 0.717) is 21.5 Å². The minimum absolute atomic E-state index is 0.0542. The molecule has 6 heteroatoms. The van der Waals surface area contributed by atoms with Crippen molar-refractivity contribution in [3.8, 4) is 0 Å². The third kappa shape index (κ3) is 3.24. The van der Waals surface area contributed by atoms with Crippen molar-refractivity contribution in [1.82, 2.24) is 9.55 Å². The molecule has 0 aliphatic heterocycles. The number of aromatic nitrogens is 2. The third-order valence-corrected chi connectivity index (χ3v) is 3.73. The van der Waals surface area contributed by atoms with Gasteiger partial charge in [-0.2, -0.15) is 0 Å². The molecular formula is C14H13IN2O3. The first kappa shape index (κ1) is 14.7. The van der Waals surface area contributed by atoms with Crippen LogP contribution in [0.3, 0.4) is 0 Å². The molecule has 0 aliphatic carbocycles. The Kier molecular flexibility index (Phi) is 4.53. The van der Waals surface area contributed by atoms with Crippen molar-refractivity contribution in [2.75, 3.05) is 0 Å². The second kappa shape index (κ2) is 6.17. The van der Waals surface area contributed by atoms with Crippen LogP contribution < -0.4 is 5.56 Å². The fraction of sp³-hybridized carbons (Fsp3) is 0.214. The Morgan fingerprint density at radius 2 is 2.00 bits per heavy atom. The van der Waals surface area contributed by atoms with Gasteiger partial charge in [0.15, 0.2) is 0 Å². The van der Waals surface area contributed by atoms with Gasteiger partial charge in [-0.3, -0.25) is 14.2 Å². The Labute approximate surface area is 129 Å². The molecule has 1 heterocycles. The van der Waals surface area contributed by atoms with Crippen molar-refractivity contribution >= 4 is 28.6 Å². The molecule has 0 radical (unpaired) electrons. The highest BCUT2D eigenvalue weighted by Crippen LogP contribution is 2.12. The van der Waals surface area contributed by atoms with Crippen LogP contribution in [0.1, 0.15) is 17.0 Å². The van der Waals surface area contributed by atoms with Crippen LogP contribution in [0, 0.1) is 10.5 Å². The van der Waals surface area contributed by atoms with Gasteiger partial charge in [-0.1, -0.05) is 24.3 Å². The van der Waals surface area contributed by atoms with Crippen molar-refractivity contribution in [3.05, 3.63) is 61.3 Å². The summed E-state index contributed by atoms with van der Waals surface area (Å²) in [4.78, 5) is 27.2. The van der Waals surface area contributed by atoms with E-state index in [4.69, 9.17) is 5.11 Å². The average molecular weight is 384 g/mol. The molecule has 0 unspecified atom stereocenters. The number of hydrogen-bond acceptors (Lipinski definition) is 3. The van der Waals surface area contributed by atoms with Crippen LogP contribution in [-0.4, -0.2) is 20.6 Å². The number of halogens is 1. The SMILES string of the molecule is Cc1ncc(I)c(=O)n1Cc1ccccc1CC(=O)O. The van der Waals surface area contributed by atoms with Crippen molar-refractivity contribution in [1.29, 1.82) is 0 Å². The lowest BCUT2D eigenvalue weighted by Crippen LogP contribution is -2.26. The van der Waals surface area contributed by atoms with Crippen LogP contribution in [0.15, 0.2) is 35.3 Å². The molecule has 2 rings (SSSR count). The lowest BCUT2D eigenvalue weighted by Gasteiger charge is -2.12. The Hall–Kier alpha value is -1.70. The first-order valence-corrected chi connectivity index (χ1v) is 7.07. The van der Waals surface area contributed by atoms with Crippen LogP contribution in [0.5, 0.6) is 0 Å². The summed E-state index contributed by atoms with van der Waals surface area (Å²) in [5, 5.41) is 8.93. The first-order valence-electron chi connectivity index (χ1n) is 5.99. The summed E-state index contributed by atoms with van der Waals surface area (Å²) in [6, 6.07) is 7.24. The number of aryl methyl sites for hydroxylation is 1. The monoisotopic (exact) mass is 384 g/mol. The number of carbonyl (C=O) groups is 1. The number of rotatable bonds is 4. The highest BCUT2D eigenvalue weighted by atomic mass is 127. The van der Waals surface area contributed by atoms with E-state index >= 15 is 0 Å². The second-order valence-electron chi connectivity index (χ2n) is 4.38. The van der Waals surface area contributed by atoms with Gasteiger partial charge < -0.3 is 5.11 Å². The predicted octanol–water partition coefficient (Wildman–Crippen LogP) is 1.83. The molecular weight excluding hydrogens is 371 g/mol. The van der Waals surface area contributed by atoms with Gasteiger partial charge in [-0.25, -0.2) is 4.98 Å². The van der Waals surface area contributed by atoms with E-state index in [1.54, 1.807) is 23.6 Å². The molecule has 104 valence electrons. The standard InChI is InChI=1S/C14H13IN2O3/c1-9-16-7-12(15)14(20)17(9)8-11-5-3-2-4-10(11)6-13(18)19/h2-5,7H,6,8H2,1H3,(H,18,19). The fourth-order valence-corrected chi connectivity index (χ4v) is 2.39. The molecule has 2 aromatic rings. The lowest BCUT2D eigenvalue weighted by atomic mass is 10.0. The number of aliphatic carboxylic acids is 1. The van der Waals surface area contributed by atoms with Gasteiger partial charge in [0.05, 0.1) is 16.5 Å². The molecule has 0 spiro atoms. The van der Waals surface area contributed by atoms with Gasteiger partial charge in [-0.15, -0.1) is 0 Å². The average Bonchev–Trinajstić information content (AvgIpc) is 2.40. The van der Waals surface area contributed by atoms with E-state index in [2.05, 4.69) is 4.98 Å². The highest BCUT2D eigenvalue weighted by molar-refractivity contribution is 14.1. The smallest absolute Gasteiger partial charge is 0.307 e. The summed E-state index contributed by atoms with van der Waals surface area (Å²) in [5.74, 6) is -0.275. The Balaban J connectivity index is 2.43. The van der Waals surface area contributed by atoms with Gasteiger partial charge in [0.1, 0.15) is 5.82 Å². The number of nitrogens with zero attached hydrogens (tertiary/aromatic N) is 2. The minimum atomic E-state index is -0.887. The lowest BCUT2D eigenvalue weighted by molar-refractivity contribution is -0.136. The van der Waals surface area contributed by atoms with Crippen LogP contribution in [0.25, 0.3) is 0 Å². The van der Waals surface area contributed by atoms with Crippen molar-refractivity contribution in [3.63, 3.8) is 0 Å². The summed E-state index contributed by atoms with van der Waals surface area (Å²) in [5.41, 5.74) is 1.43. The summed E-state index contributed by atoms with van der Waals surface area (Å²) >= 11 is 1.95. The van der Waals surface area contributed by atoms with E-state index in [1.807, 2.05) is 34.7 Å².